The van der Waals surface area contributed by atoms with Crippen LogP contribution in [-0.4, -0.2) is 30.4 Å². The first kappa shape index (κ1) is 17.9. The van der Waals surface area contributed by atoms with E-state index in [1.54, 1.807) is 30.3 Å². The second-order valence-corrected chi connectivity index (χ2v) is 5.06. The van der Waals surface area contributed by atoms with E-state index in [0.29, 0.717) is 11.3 Å². The Kier molecular flexibility index (Phi) is 6.05. The Morgan fingerprint density at radius 1 is 1.16 bits per heavy atom. The van der Waals surface area contributed by atoms with Gasteiger partial charge in [0.15, 0.2) is 0 Å². The summed E-state index contributed by atoms with van der Waals surface area (Å²) in [7, 11) is 1.40. The molecule has 0 aliphatic carbocycles. The normalized spacial score (nSPS) is 9.96. The third kappa shape index (κ3) is 5.03. The number of carbonyl (C=O) groups excluding carboxylic acids is 2. The van der Waals surface area contributed by atoms with Crippen LogP contribution in [0, 0.1) is 10.1 Å². The monoisotopic (exact) mass is 343 g/mol. The number of carbonyl (C=O) groups is 2. The van der Waals surface area contributed by atoms with Gasteiger partial charge in [-0.25, -0.2) is 0 Å². The van der Waals surface area contributed by atoms with Gasteiger partial charge >= 0.3 is 0 Å². The molecule has 8 heteroatoms. The number of hydrogen-bond donors (Lipinski definition) is 2. The zero-order valence-electron chi connectivity index (χ0n) is 13.5. The van der Waals surface area contributed by atoms with E-state index in [2.05, 4.69) is 10.6 Å². The zero-order valence-corrected chi connectivity index (χ0v) is 13.5. The molecule has 25 heavy (non-hydrogen) atoms. The van der Waals surface area contributed by atoms with Gasteiger partial charge in [0.25, 0.3) is 11.6 Å². The van der Waals surface area contributed by atoms with Crippen molar-refractivity contribution in [1.82, 2.24) is 5.32 Å². The van der Waals surface area contributed by atoms with E-state index in [4.69, 9.17) is 4.74 Å². The molecule has 0 bridgehead atoms. The minimum atomic E-state index is -0.560. The number of non-ortho nitro benzene ring substituents is 1. The average Bonchev–Trinajstić information content (AvgIpc) is 2.62. The van der Waals surface area contributed by atoms with Gasteiger partial charge in [-0.05, 0) is 18.2 Å². The van der Waals surface area contributed by atoms with Crippen LogP contribution in [0.25, 0.3) is 0 Å². The van der Waals surface area contributed by atoms with Crippen molar-refractivity contribution in [3.8, 4) is 5.75 Å². The second kappa shape index (κ2) is 8.44. The van der Waals surface area contributed by atoms with Crippen molar-refractivity contribution in [3.63, 3.8) is 0 Å². The van der Waals surface area contributed by atoms with Crippen LogP contribution in [0.4, 0.5) is 11.4 Å². The zero-order chi connectivity index (χ0) is 18.2. The van der Waals surface area contributed by atoms with Crippen LogP contribution in [0.15, 0.2) is 48.5 Å². The Morgan fingerprint density at radius 2 is 1.88 bits per heavy atom. The largest absolute Gasteiger partial charge is 0.495 e. The molecule has 2 amide bonds. The molecule has 2 aromatic rings. The van der Waals surface area contributed by atoms with Crippen molar-refractivity contribution in [2.24, 2.45) is 0 Å². The number of methoxy groups -OCH3 is 1. The van der Waals surface area contributed by atoms with E-state index < -0.39 is 10.8 Å². The average molecular weight is 343 g/mol. The van der Waals surface area contributed by atoms with Crippen molar-refractivity contribution in [2.45, 2.75) is 6.42 Å². The number of rotatable bonds is 7. The smallest absolute Gasteiger partial charge is 0.271 e. The first-order chi connectivity index (χ1) is 12.0. The Hall–Kier alpha value is -3.42. The fourth-order valence-corrected chi connectivity index (χ4v) is 2.10. The van der Waals surface area contributed by atoms with Crippen LogP contribution in [0.2, 0.25) is 0 Å². The summed E-state index contributed by atoms with van der Waals surface area (Å²) in [5, 5.41) is 16.0. The molecule has 0 saturated heterocycles. The van der Waals surface area contributed by atoms with Crippen LogP contribution >= 0.6 is 0 Å². The van der Waals surface area contributed by atoms with Gasteiger partial charge in [-0.2, -0.15) is 0 Å². The maximum Gasteiger partial charge on any atom is 0.271 e. The topological polar surface area (TPSA) is 111 Å². The fourth-order valence-electron chi connectivity index (χ4n) is 2.10. The minimum Gasteiger partial charge on any atom is -0.495 e. The van der Waals surface area contributed by atoms with Crippen molar-refractivity contribution < 1.29 is 19.2 Å². The predicted octanol–water partition coefficient (Wildman–Crippen LogP) is 2.36. The summed E-state index contributed by atoms with van der Waals surface area (Å²) in [4.78, 5) is 34.1. The molecule has 8 nitrogen and oxygen atoms in total. The molecular weight excluding hydrogens is 326 g/mol. The van der Waals surface area contributed by atoms with E-state index in [1.807, 2.05) is 0 Å². The first-order valence-corrected chi connectivity index (χ1v) is 7.47. The van der Waals surface area contributed by atoms with E-state index in [9.17, 15) is 19.7 Å². The van der Waals surface area contributed by atoms with Crippen LogP contribution in [0.1, 0.15) is 16.8 Å². The summed E-state index contributed by atoms with van der Waals surface area (Å²) in [5.41, 5.74) is 0.549. The maximum atomic E-state index is 12.0. The van der Waals surface area contributed by atoms with E-state index in [-0.39, 0.29) is 30.2 Å². The third-order valence-electron chi connectivity index (χ3n) is 3.34. The molecule has 2 N–H and O–H groups in total. The number of nitro groups is 1. The summed E-state index contributed by atoms with van der Waals surface area (Å²) in [6.45, 7) is 0.136. The summed E-state index contributed by atoms with van der Waals surface area (Å²) in [6, 6.07) is 12.6. The van der Waals surface area contributed by atoms with Gasteiger partial charge in [0.1, 0.15) is 5.75 Å². The molecule has 0 fully saturated rings. The quantitative estimate of drug-likeness (QED) is 0.592. The maximum absolute atomic E-state index is 12.0. The molecule has 2 rings (SSSR count). The summed E-state index contributed by atoms with van der Waals surface area (Å²) >= 11 is 0. The number of nitrogens with zero attached hydrogens (tertiary/aromatic N) is 1. The van der Waals surface area contributed by atoms with Crippen LogP contribution in [0.5, 0.6) is 5.75 Å². The number of ether oxygens (including phenoxy) is 1. The molecule has 0 unspecified atom stereocenters. The standard InChI is InChI=1S/C17H17N3O5/c1-25-15-8-7-13(20(23)24)11-14(15)19-16(21)9-10-18-17(22)12-5-3-2-4-6-12/h2-8,11H,9-10H2,1H3,(H,18,22)(H,19,21). The lowest BCUT2D eigenvalue weighted by atomic mass is 10.2. The summed E-state index contributed by atoms with van der Waals surface area (Å²) < 4.78 is 5.07. The highest BCUT2D eigenvalue weighted by Crippen LogP contribution is 2.28. The molecule has 130 valence electrons. The molecule has 0 heterocycles. The van der Waals surface area contributed by atoms with Crippen LogP contribution in [0.3, 0.4) is 0 Å². The molecule has 0 atom stereocenters. The van der Waals surface area contributed by atoms with Crippen molar-refractivity contribution in [2.75, 3.05) is 19.0 Å². The Morgan fingerprint density at radius 3 is 2.52 bits per heavy atom. The Balaban J connectivity index is 1.91. The molecule has 2 aromatic carbocycles. The molecule has 0 saturated carbocycles. The number of nitro benzene ring substituents is 1. The lowest BCUT2D eigenvalue weighted by Crippen LogP contribution is -2.27. The van der Waals surface area contributed by atoms with Gasteiger partial charge in [0, 0.05) is 30.7 Å². The van der Waals surface area contributed by atoms with Gasteiger partial charge in [-0.15, -0.1) is 0 Å². The predicted molar refractivity (Wildman–Crippen MR) is 91.7 cm³/mol. The third-order valence-corrected chi connectivity index (χ3v) is 3.34. The van der Waals surface area contributed by atoms with Gasteiger partial charge in [-0.3, -0.25) is 19.7 Å². The van der Waals surface area contributed by atoms with Gasteiger partial charge in [0.2, 0.25) is 5.91 Å². The molecule has 0 aliphatic heterocycles. The van der Waals surface area contributed by atoms with Crippen LogP contribution < -0.4 is 15.4 Å². The van der Waals surface area contributed by atoms with E-state index in [0.717, 1.165) is 0 Å². The number of amides is 2. The number of benzene rings is 2. The van der Waals surface area contributed by atoms with Gasteiger partial charge < -0.3 is 15.4 Å². The highest BCUT2D eigenvalue weighted by Gasteiger charge is 2.14. The molecule has 0 aliphatic rings. The number of nitrogens with one attached hydrogen (secondary N) is 2. The highest BCUT2D eigenvalue weighted by molar-refractivity contribution is 5.95. The SMILES string of the molecule is COc1ccc([N+](=O)[O-])cc1NC(=O)CCNC(=O)c1ccccc1. The first-order valence-electron chi connectivity index (χ1n) is 7.47. The minimum absolute atomic E-state index is 0.0183. The number of hydrogen-bond acceptors (Lipinski definition) is 5. The van der Waals surface area contributed by atoms with E-state index >= 15 is 0 Å². The Bertz CT molecular complexity index is 777. The fraction of sp³-hybridized carbons (Fsp3) is 0.176. The van der Waals surface area contributed by atoms with E-state index in [1.165, 1.54) is 25.3 Å². The molecule has 0 aromatic heterocycles. The van der Waals surface area contributed by atoms with Gasteiger partial charge in [-0.1, -0.05) is 18.2 Å². The number of anilines is 1. The molecule has 0 radical (unpaired) electrons. The second-order valence-electron chi connectivity index (χ2n) is 5.06. The van der Waals surface area contributed by atoms with Crippen LogP contribution in [-0.2, 0) is 4.79 Å². The molecule has 0 spiro atoms. The lowest BCUT2D eigenvalue weighted by Gasteiger charge is -2.10. The van der Waals surface area contributed by atoms with Crippen molar-refractivity contribution >= 4 is 23.2 Å². The molecular formula is C17H17N3O5. The van der Waals surface area contributed by atoms with Crippen molar-refractivity contribution in [3.05, 3.63) is 64.2 Å². The van der Waals surface area contributed by atoms with Gasteiger partial charge in [0.05, 0.1) is 17.7 Å². The summed E-state index contributed by atoms with van der Waals surface area (Å²) in [5.74, 6) is -0.360. The Labute approximate surface area is 144 Å². The lowest BCUT2D eigenvalue weighted by molar-refractivity contribution is -0.384. The summed E-state index contributed by atoms with van der Waals surface area (Å²) in [6.07, 6.45) is 0.0183. The highest BCUT2D eigenvalue weighted by atomic mass is 16.6. The van der Waals surface area contributed by atoms with Crippen molar-refractivity contribution in [1.29, 1.82) is 0 Å².